The van der Waals surface area contributed by atoms with E-state index in [0.29, 0.717) is 18.4 Å². The van der Waals surface area contributed by atoms with E-state index in [9.17, 15) is 13.6 Å². The zero-order chi connectivity index (χ0) is 11.7. The molecule has 0 amide bonds. The lowest BCUT2D eigenvalue weighted by molar-refractivity contribution is -0.139. The van der Waals surface area contributed by atoms with Gasteiger partial charge in [0.05, 0.1) is 0 Å². The van der Waals surface area contributed by atoms with Crippen LogP contribution in [0.15, 0.2) is 18.2 Å². The molecule has 0 bridgehead atoms. The molecule has 0 radical (unpaired) electrons. The van der Waals surface area contributed by atoms with Crippen molar-refractivity contribution in [1.29, 1.82) is 0 Å². The van der Waals surface area contributed by atoms with Gasteiger partial charge in [-0.3, -0.25) is 10.1 Å². The van der Waals surface area contributed by atoms with Gasteiger partial charge in [0.2, 0.25) is 0 Å². The van der Waals surface area contributed by atoms with Crippen molar-refractivity contribution in [2.45, 2.75) is 24.9 Å². The van der Waals surface area contributed by atoms with Crippen LogP contribution in [-0.4, -0.2) is 17.1 Å². The first kappa shape index (κ1) is 11.0. The third-order valence-corrected chi connectivity index (χ3v) is 2.79. The number of halogens is 2. The summed E-state index contributed by atoms with van der Waals surface area (Å²) >= 11 is 0. The van der Waals surface area contributed by atoms with Crippen LogP contribution in [0.4, 0.5) is 8.78 Å². The molecule has 0 saturated carbocycles. The number of rotatable bonds is 2. The summed E-state index contributed by atoms with van der Waals surface area (Å²) in [5.41, 5.74) is 0.586. The number of aliphatic carboxylic acids is 1. The summed E-state index contributed by atoms with van der Waals surface area (Å²) in [6, 6.07) is 2.83. The van der Waals surface area contributed by atoms with Crippen LogP contribution >= 0.6 is 0 Å². The van der Waals surface area contributed by atoms with Crippen LogP contribution in [0.3, 0.4) is 0 Å². The molecular weight excluding hydrogens is 216 g/mol. The summed E-state index contributed by atoms with van der Waals surface area (Å²) in [6.07, 6.45) is 1.11. The topological polar surface area (TPSA) is 49.3 Å². The summed E-state index contributed by atoms with van der Waals surface area (Å²) in [6.45, 7) is 0. The highest BCUT2D eigenvalue weighted by Crippen LogP contribution is 2.27. The van der Waals surface area contributed by atoms with E-state index in [1.54, 1.807) is 0 Å². The Morgan fingerprint density at radius 1 is 1.31 bits per heavy atom. The number of carboxylic acid groups (broad SMARTS) is 1. The van der Waals surface area contributed by atoms with Crippen molar-refractivity contribution in [3.63, 3.8) is 0 Å². The molecule has 0 spiro atoms. The Hall–Kier alpha value is -1.49. The lowest BCUT2D eigenvalue weighted by Crippen LogP contribution is -2.31. The van der Waals surface area contributed by atoms with Gasteiger partial charge in [-0.25, -0.2) is 8.78 Å². The Kier molecular flexibility index (Phi) is 2.87. The van der Waals surface area contributed by atoms with Crippen molar-refractivity contribution in [2.75, 3.05) is 0 Å². The summed E-state index contributed by atoms with van der Waals surface area (Å²) in [5, 5.41) is 11.6. The molecule has 16 heavy (non-hydrogen) atoms. The molecule has 1 fully saturated rings. The van der Waals surface area contributed by atoms with Gasteiger partial charge in [-0.2, -0.15) is 0 Å². The smallest absolute Gasteiger partial charge is 0.320 e. The van der Waals surface area contributed by atoms with E-state index in [-0.39, 0.29) is 6.04 Å². The quantitative estimate of drug-likeness (QED) is 0.810. The largest absolute Gasteiger partial charge is 0.480 e. The Bertz CT molecular complexity index is 422. The molecule has 2 atom stereocenters. The molecule has 1 aliphatic rings. The summed E-state index contributed by atoms with van der Waals surface area (Å²) in [7, 11) is 0. The van der Waals surface area contributed by atoms with Crippen LogP contribution in [0.2, 0.25) is 0 Å². The number of benzene rings is 1. The van der Waals surface area contributed by atoms with Crippen molar-refractivity contribution in [2.24, 2.45) is 0 Å². The lowest BCUT2D eigenvalue weighted by atomic mass is 10.1. The molecule has 1 heterocycles. The van der Waals surface area contributed by atoms with Crippen molar-refractivity contribution >= 4 is 5.97 Å². The van der Waals surface area contributed by atoms with Gasteiger partial charge in [0.1, 0.15) is 6.04 Å². The van der Waals surface area contributed by atoms with Gasteiger partial charge in [-0.1, -0.05) is 6.07 Å². The van der Waals surface area contributed by atoms with Gasteiger partial charge in [0.15, 0.2) is 11.6 Å². The second-order valence-corrected chi connectivity index (χ2v) is 3.86. The van der Waals surface area contributed by atoms with E-state index < -0.39 is 23.6 Å². The van der Waals surface area contributed by atoms with E-state index >= 15 is 0 Å². The predicted octanol–water partition coefficient (Wildman–Crippen LogP) is 1.84. The third kappa shape index (κ3) is 2.04. The van der Waals surface area contributed by atoms with Gasteiger partial charge in [0, 0.05) is 6.04 Å². The molecule has 1 aromatic rings. The van der Waals surface area contributed by atoms with Crippen molar-refractivity contribution in [3.8, 4) is 0 Å². The van der Waals surface area contributed by atoms with E-state index in [4.69, 9.17) is 5.11 Å². The Balaban J connectivity index is 2.14. The number of hydrogen-bond acceptors (Lipinski definition) is 2. The highest BCUT2D eigenvalue weighted by molar-refractivity contribution is 5.73. The SMILES string of the molecule is O=C(O)C1CCC(c2ccc(F)c(F)c2)N1. The molecular formula is C11H11F2NO2. The number of carbonyl (C=O) groups is 1. The monoisotopic (exact) mass is 227 g/mol. The van der Waals surface area contributed by atoms with Crippen molar-refractivity contribution in [1.82, 2.24) is 5.32 Å². The van der Waals surface area contributed by atoms with E-state index in [1.165, 1.54) is 6.07 Å². The third-order valence-electron chi connectivity index (χ3n) is 2.79. The van der Waals surface area contributed by atoms with Gasteiger partial charge in [-0.05, 0) is 30.5 Å². The Morgan fingerprint density at radius 2 is 2.06 bits per heavy atom. The first-order valence-electron chi connectivity index (χ1n) is 5.01. The molecule has 2 N–H and O–H groups in total. The van der Waals surface area contributed by atoms with Crippen LogP contribution < -0.4 is 5.32 Å². The highest BCUT2D eigenvalue weighted by Gasteiger charge is 2.29. The molecule has 1 saturated heterocycles. The normalized spacial score (nSPS) is 24.6. The zero-order valence-electron chi connectivity index (χ0n) is 8.41. The summed E-state index contributed by atoms with van der Waals surface area (Å²) in [5.74, 6) is -2.71. The molecule has 0 aromatic heterocycles. The first-order valence-corrected chi connectivity index (χ1v) is 5.01. The molecule has 1 aliphatic heterocycles. The predicted molar refractivity (Wildman–Crippen MR) is 52.9 cm³/mol. The van der Waals surface area contributed by atoms with Crippen LogP contribution in [0.25, 0.3) is 0 Å². The minimum absolute atomic E-state index is 0.212. The van der Waals surface area contributed by atoms with Gasteiger partial charge in [0.25, 0.3) is 0 Å². The minimum atomic E-state index is -0.912. The molecule has 3 nitrogen and oxygen atoms in total. The summed E-state index contributed by atoms with van der Waals surface area (Å²) in [4.78, 5) is 10.7. The van der Waals surface area contributed by atoms with E-state index in [2.05, 4.69) is 5.32 Å². The average molecular weight is 227 g/mol. The fourth-order valence-electron chi connectivity index (χ4n) is 1.93. The zero-order valence-corrected chi connectivity index (χ0v) is 8.41. The van der Waals surface area contributed by atoms with E-state index in [0.717, 1.165) is 12.1 Å². The fourth-order valence-corrected chi connectivity index (χ4v) is 1.93. The Morgan fingerprint density at radius 3 is 2.62 bits per heavy atom. The van der Waals surface area contributed by atoms with Crippen molar-refractivity contribution < 1.29 is 18.7 Å². The van der Waals surface area contributed by atoms with Crippen LogP contribution in [0.5, 0.6) is 0 Å². The fraction of sp³-hybridized carbons (Fsp3) is 0.364. The van der Waals surface area contributed by atoms with Gasteiger partial charge < -0.3 is 5.11 Å². The maximum Gasteiger partial charge on any atom is 0.320 e. The van der Waals surface area contributed by atoms with Crippen LogP contribution in [-0.2, 0) is 4.79 Å². The molecule has 86 valence electrons. The average Bonchev–Trinajstić information content (AvgIpc) is 2.71. The number of carboxylic acids is 1. The maximum atomic E-state index is 13.0. The number of nitrogens with one attached hydrogen (secondary N) is 1. The van der Waals surface area contributed by atoms with Crippen LogP contribution in [0, 0.1) is 11.6 Å². The summed E-state index contributed by atoms with van der Waals surface area (Å²) < 4.78 is 25.7. The standard InChI is InChI=1S/C11H11F2NO2/c12-7-2-1-6(5-8(7)13)9-3-4-10(14-9)11(15)16/h1-2,5,9-10,14H,3-4H2,(H,15,16). The van der Waals surface area contributed by atoms with Gasteiger partial charge in [-0.15, -0.1) is 0 Å². The second-order valence-electron chi connectivity index (χ2n) is 3.86. The second kappa shape index (κ2) is 4.17. The lowest BCUT2D eigenvalue weighted by Gasteiger charge is -2.12. The minimum Gasteiger partial charge on any atom is -0.480 e. The van der Waals surface area contributed by atoms with Crippen LogP contribution in [0.1, 0.15) is 24.4 Å². The first-order chi connectivity index (χ1) is 7.58. The number of hydrogen-bond donors (Lipinski definition) is 2. The van der Waals surface area contributed by atoms with E-state index in [1.807, 2.05) is 0 Å². The molecule has 2 unspecified atom stereocenters. The van der Waals surface area contributed by atoms with Gasteiger partial charge >= 0.3 is 5.97 Å². The molecule has 5 heteroatoms. The molecule has 2 rings (SSSR count). The molecule has 0 aliphatic carbocycles. The highest BCUT2D eigenvalue weighted by atomic mass is 19.2. The molecule has 1 aromatic carbocycles. The van der Waals surface area contributed by atoms with Crippen molar-refractivity contribution in [3.05, 3.63) is 35.4 Å². The Labute approximate surface area is 91.1 Å². The maximum absolute atomic E-state index is 13.0.